The van der Waals surface area contributed by atoms with Gasteiger partial charge in [-0.05, 0) is 62.7 Å². The first kappa shape index (κ1) is 19.3. The first-order chi connectivity index (χ1) is 13.1. The zero-order valence-corrected chi connectivity index (χ0v) is 15.3. The lowest BCUT2D eigenvalue weighted by molar-refractivity contribution is 0.224. The van der Waals surface area contributed by atoms with Gasteiger partial charge in [0.1, 0.15) is 0 Å². The fourth-order valence-electron chi connectivity index (χ4n) is 3.32. The molecule has 6 heteroatoms. The lowest BCUT2D eigenvalue weighted by Gasteiger charge is -2.26. The summed E-state index contributed by atoms with van der Waals surface area (Å²) < 4.78 is 27.2. The number of nitrogens with zero attached hydrogens (tertiary/aromatic N) is 1. The molecule has 0 saturated carbocycles. The van der Waals surface area contributed by atoms with E-state index in [4.69, 9.17) is 0 Å². The summed E-state index contributed by atoms with van der Waals surface area (Å²) in [7, 11) is 0. The van der Waals surface area contributed by atoms with Gasteiger partial charge in [0, 0.05) is 17.8 Å². The van der Waals surface area contributed by atoms with Gasteiger partial charge in [0.15, 0.2) is 11.6 Å². The number of nitrogens with one attached hydrogen (secondary N) is 2. The lowest BCUT2D eigenvalue weighted by Crippen LogP contribution is -2.34. The van der Waals surface area contributed by atoms with Crippen molar-refractivity contribution in [2.24, 2.45) is 0 Å². The van der Waals surface area contributed by atoms with Gasteiger partial charge in [-0.3, -0.25) is 0 Å². The molecular weight excluding hydrogens is 348 g/mol. The number of urea groups is 1. The minimum atomic E-state index is -0.876. The van der Waals surface area contributed by atoms with E-state index in [0.717, 1.165) is 32.1 Å². The Morgan fingerprint density at radius 2 is 1.74 bits per heavy atom. The number of hydrogen-bond acceptors (Lipinski definition) is 2. The van der Waals surface area contributed by atoms with Crippen molar-refractivity contribution in [2.75, 3.05) is 31.5 Å². The summed E-state index contributed by atoms with van der Waals surface area (Å²) in [4.78, 5) is 14.4. The highest BCUT2D eigenvalue weighted by molar-refractivity contribution is 5.89. The van der Waals surface area contributed by atoms with Crippen molar-refractivity contribution in [3.05, 3.63) is 54.1 Å². The van der Waals surface area contributed by atoms with Gasteiger partial charge in [0.2, 0.25) is 0 Å². The van der Waals surface area contributed by atoms with Crippen LogP contribution in [0.25, 0.3) is 11.1 Å². The van der Waals surface area contributed by atoms with Crippen molar-refractivity contribution in [2.45, 2.75) is 25.7 Å². The van der Waals surface area contributed by atoms with Crippen LogP contribution in [0.1, 0.15) is 25.7 Å². The average molecular weight is 373 g/mol. The summed E-state index contributed by atoms with van der Waals surface area (Å²) in [5.74, 6) is -1.75. The quantitative estimate of drug-likeness (QED) is 0.725. The van der Waals surface area contributed by atoms with Gasteiger partial charge in [0.05, 0.1) is 0 Å². The zero-order valence-electron chi connectivity index (χ0n) is 15.3. The normalized spacial score (nSPS) is 14.7. The molecule has 1 aliphatic heterocycles. The van der Waals surface area contributed by atoms with Gasteiger partial charge in [-0.1, -0.05) is 30.7 Å². The topological polar surface area (TPSA) is 44.4 Å². The maximum absolute atomic E-state index is 13.8. The summed E-state index contributed by atoms with van der Waals surface area (Å²) in [5, 5.41) is 5.60. The van der Waals surface area contributed by atoms with Crippen LogP contribution in [0, 0.1) is 11.6 Å². The minimum Gasteiger partial charge on any atom is -0.338 e. The highest BCUT2D eigenvalue weighted by Gasteiger charge is 2.11. The van der Waals surface area contributed by atoms with Crippen LogP contribution in [0.4, 0.5) is 19.3 Å². The van der Waals surface area contributed by atoms with E-state index >= 15 is 0 Å². The van der Waals surface area contributed by atoms with Crippen molar-refractivity contribution < 1.29 is 13.6 Å². The smallest absolute Gasteiger partial charge is 0.319 e. The molecule has 0 atom stereocenters. The molecule has 27 heavy (non-hydrogen) atoms. The Hall–Kier alpha value is -2.47. The van der Waals surface area contributed by atoms with Gasteiger partial charge in [-0.2, -0.15) is 0 Å². The molecule has 2 aromatic carbocycles. The Kier molecular flexibility index (Phi) is 6.76. The largest absolute Gasteiger partial charge is 0.338 e. The number of anilines is 1. The minimum absolute atomic E-state index is 0.198. The summed E-state index contributed by atoms with van der Waals surface area (Å²) in [6, 6.07) is 10.5. The van der Waals surface area contributed by atoms with E-state index in [1.165, 1.54) is 31.4 Å². The predicted molar refractivity (Wildman–Crippen MR) is 104 cm³/mol. The van der Waals surface area contributed by atoms with Crippen molar-refractivity contribution in [3.63, 3.8) is 0 Å². The van der Waals surface area contributed by atoms with Crippen molar-refractivity contribution >= 4 is 11.7 Å². The molecule has 2 amide bonds. The van der Waals surface area contributed by atoms with E-state index in [0.29, 0.717) is 17.8 Å². The maximum atomic E-state index is 13.8. The van der Waals surface area contributed by atoms with E-state index in [1.54, 1.807) is 24.3 Å². The van der Waals surface area contributed by atoms with Crippen LogP contribution in [0.2, 0.25) is 0 Å². The van der Waals surface area contributed by atoms with Crippen LogP contribution in [-0.4, -0.2) is 37.1 Å². The molecule has 2 N–H and O–H groups in total. The SMILES string of the molecule is O=C(NCCCN1CCCCC1)Nc1ccc(-c2cccc(F)c2F)cc1. The summed E-state index contributed by atoms with van der Waals surface area (Å²) in [6.07, 6.45) is 4.78. The molecule has 1 aliphatic rings. The van der Waals surface area contributed by atoms with Crippen LogP contribution in [0.15, 0.2) is 42.5 Å². The van der Waals surface area contributed by atoms with Crippen molar-refractivity contribution in [1.29, 1.82) is 0 Å². The third-order valence-corrected chi connectivity index (χ3v) is 4.79. The zero-order chi connectivity index (χ0) is 19.1. The summed E-state index contributed by atoms with van der Waals surface area (Å²) in [6.45, 7) is 3.94. The standard InChI is InChI=1S/C21H25F2N3O/c22-19-7-4-6-18(20(19)23)16-8-10-17(11-9-16)25-21(27)24-12-5-15-26-13-2-1-3-14-26/h4,6-11H,1-3,5,12-15H2,(H2,24,25,27). The highest BCUT2D eigenvalue weighted by Crippen LogP contribution is 2.25. The molecule has 0 bridgehead atoms. The molecule has 4 nitrogen and oxygen atoms in total. The van der Waals surface area contributed by atoms with E-state index < -0.39 is 11.6 Å². The number of carbonyl (C=O) groups is 1. The van der Waals surface area contributed by atoms with Crippen molar-refractivity contribution in [1.82, 2.24) is 10.2 Å². The van der Waals surface area contributed by atoms with Crippen LogP contribution < -0.4 is 10.6 Å². The van der Waals surface area contributed by atoms with E-state index in [-0.39, 0.29) is 11.6 Å². The van der Waals surface area contributed by atoms with Crippen molar-refractivity contribution in [3.8, 4) is 11.1 Å². The van der Waals surface area contributed by atoms with Crippen LogP contribution in [0.5, 0.6) is 0 Å². The Bertz CT molecular complexity index is 759. The summed E-state index contributed by atoms with van der Waals surface area (Å²) >= 11 is 0. The second kappa shape index (κ2) is 9.46. The number of amides is 2. The second-order valence-corrected chi connectivity index (χ2v) is 6.82. The van der Waals surface area contributed by atoms with E-state index in [9.17, 15) is 13.6 Å². The molecule has 0 spiro atoms. The molecular formula is C21H25F2N3O. The van der Waals surface area contributed by atoms with E-state index in [1.807, 2.05) is 0 Å². The third kappa shape index (κ3) is 5.50. The van der Waals surface area contributed by atoms with Gasteiger partial charge >= 0.3 is 6.03 Å². The Morgan fingerprint density at radius 3 is 2.48 bits per heavy atom. The first-order valence-corrected chi connectivity index (χ1v) is 9.45. The molecule has 144 valence electrons. The second-order valence-electron chi connectivity index (χ2n) is 6.82. The molecule has 0 aromatic heterocycles. The van der Waals surface area contributed by atoms with Gasteiger partial charge in [0.25, 0.3) is 0 Å². The maximum Gasteiger partial charge on any atom is 0.319 e. The fraction of sp³-hybridized carbons (Fsp3) is 0.381. The highest BCUT2D eigenvalue weighted by atomic mass is 19.2. The monoisotopic (exact) mass is 373 g/mol. The number of piperidine rings is 1. The number of rotatable bonds is 6. The molecule has 0 unspecified atom stereocenters. The Labute approximate surface area is 158 Å². The molecule has 0 radical (unpaired) electrons. The Balaban J connectivity index is 1.45. The fourth-order valence-corrected chi connectivity index (χ4v) is 3.32. The predicted octanol–water partition coefficient (Wildman–Crippen LogP) is 4.63. The molecule has 3 rings (SSSR count). The van der Waals surface area contributed by atoms with Gasteiger partial charge < -0.3 is 15.5 Å². The number of halogens is 2. The van der Waals surface area contributed by atoms with Crippen LogP contribution in [-0.2, 0) is 0 Å². The van der Waals surface area contributed by atoms with E-state index in [2.05, 4.69) is 15.5 Å². The Morgan fingerprint density at radius 1 is 1.00 bits per heavy atom. The van der Waals surface area contributed by atoms with Crippen LogP contribution in [0.3, 0.4) is 0 Å². The molecule has 1 fully saturated rings. The third-order valence-electron chi connectivity index (χ3n) is 4.79. The number of likely N-dealkylation sites (tertiary alicyclic amines) is 1. The number of benzene rings is 2. The number of hydrogen-bond donors (Lipinski definition) is 2. The molecule has 0 aliphatic carbocycles. The first-order valence-electron chi connectivity index (χ1n) is 9.45. The molecule has 2 aromatic rings. The number of carbonyl (C=O) groups excluding carboxylic acids is 1. The molecule has 1 heterocycles. The molecule has 1 saturated heterocycles. The van der Waals surface area contributed by atoms with Gasteiger partial charge in [-0.15, -0.1) is 0 Å². The van der Waals surface area contributed by atoms with Gasteiger partial charge in [-0.25, -0.2) is 13.6 Å². The van der Waals surface area contributed by atoms with Crippen LogP contribution >= 0.6 is 0 Å². The lowest BCUT2D eigenvalue weighted by atomic mass is 10.0. The summed E-state index contributed by atoms with van der Waals surface area (Å²) in [5.41, 5.74) is 1.35. The average Bonchev–Trinajstić information content (AvgIpc) is 2.69.